The van der Waals surface area contributed by atoms with E-state index in [-0.39, 0.29) is 0 Å². The molecule has 8 aromatic carbocycles. The number of rotatable bonds is 2. The number of fused-ring (bicyclic) bond motifs is 6. The van der Waals surface area contributed by atoms with Gasteiger partial charge < -0.3 is 0 Å². The van der Waals surface area contributed by atoms with Crippen LogP contribution in [0.3, 0.4) is 0 Å². The molecule has 9 aromatic rings. The molecule has 2 nitrogen and oxygen atoms in total. The molecule has 0 amide bonds. The Kier molecular flexibility index (Phi) is 4.93. The van der Waals surface area contributed by atoms with E-state index in [4.69, 9.17) is 9.97 Å². The summed E-state index contributed by atoms with van der Waals surface area (Å²) in [7, 11) is 0. The molecule has 2 heteroatoms. The minimum atomic E-state index is 0.735. The molecule has 0 aliphatic heterocycles. The zero-order chi connectivity index (χ0) is 27.6. The zero-order valence-corrected chi connectivity index (χ0v) is 22.8. The molecule has 0 atom stereocenters. The standard InChI is InChI=1S/C40H24N2/c1-2-11-27(12-3-1)39-33-17-6-7-22-35(33)41-40(42-39)34-21-10-20-32-31-19-9-14-26-24-23-25-13-8-18-29(36(25)37(26)31)28-15-4-5-16-30(28)38(32)34/h1-24H. The molecule has 0 aliphatic rings. The van der Waals surface area contributed by atoms with E-state index in [1.807, 2.05) is 6.07 Å². The Hall–Kier alpha value is -5.60. The number of para-hydroxylation sites is 1. The Morgan fingerprint density at radius 3 is 1.60 bits per heavy atom. The molecule has 0 fully saturated rings. The van der Waals surface area contributed by atoms with Gasteiger partial charge in [-0.1, -0.05) is 140 Å². The van der Waals surface area contributed by atoms with Crippen LogP contribution in [0, 0.1) is 0 Å². The van der Waals surface area contributed by atoms with Crippen molar-refractivity contribution in [1.29, 1.82) is 0 Å². The SMILES string of the molecule is c1ccc(-c2nc(-c3cccc4c5cccc6ccc7cccc(c8ccccc8c34)c7c65)nc3ccccc23)cc1. The quantitative estimate of drug-likeness (QED) is 0.207. The number of hydrogen-bond acceptors (Lipinski definition) is 2. The summed E-state index contributed by atoms with van der Waals surface area (Å²) in [5.74, 6) is 0.735. The first-order chi connectivity index (χ1) is 20.8. The van der Waals surface area contributed by atoms with E-state index >= 15 is 0 Å². The van der Waals surface area contributed by atoms with Gasteiger partial charge in [-0.15, -0.1) is 0 Å². The normalized spacial score (nSPS) is 11.8. The average Bonchev–Trinajstić information content (AvgIpc) is 3.06. The predicted octanol–water partition coefficient (Wildman–Crippen LogP) is 10.7. The van der Waals surface area contributed by atoms with Crippen LogP contribution in [0.2, 0.25) is 0 Å². The Morgan fingerprint density at radius 2 is 0.857 bits per heavy atom. The highest BCUT2D eigenvalue weighted by Crippen LogP contribution is 2.42. The van der Waals surface area contributed by atoms with Crippen LogP contribution < -0.4 is 0 Å². The van der Waals surface area contributed by atoms with Crippen LogP contribution in [-0.4, -0.2) is 9.97 Å². The summed E-state index contributed by atoms with van der Waals surface area (Å²) in [6.07, 6.45) is 0. The average molecular weight is 533 g/mol. The summed E-state index contributed by atoms with van der Waals surface area (Å²) >= 11 is 0. The van der Waals surface area contributed by atoms with Gasteiger partial charge in [0, 0.05) is 21.9 Å². The van der Waals surface area contributed by atoms with Crippen molar-refractivity contribution in [2.24, 2.45) is 0 Å². The summed E-state index contributed by atoms with van der Waals surface area (Å²) in [4.78, 5) is 10.5. The lowest BCUT2D eigenvalue weighted by Gasteiger charge is -2.16. The van der Waals surface area contributed by atoms with Crippen LogP contribution in [0.5, 0.6) is 0 Å². The van der Waals surface area contributed by atoms with Gasteiger partial charge in [0.15, 0.2) is 5.82 Å². The number of nitrogens with zero attached hydrogens (tertiary/aromatic N) is 2. The second-order valence-corrected chi connectivity index (χ2v) is 10.9. The molecular formula is C40H24N2. The van der Waals surface area contributed by atoms with E-state index in [1.54, 1.807) is 0 Å². The van der Waals surface area contributed by atoms with Crippen molar-refractivity contribution in [3.05, 3.63) is 146 Å². The molecule has 0 radical (unpaired) electrons. The van der Waals surface area contributed by atoms with Crippen molar-refractivity contribution in [3.63, 3.8) is 0 Å². The van der Waals surface area contributed by atoms with Crippen molar-refractivity contribution in [1.82, 2.24) is 9.97 Å². The predicted molar refractivity (Wildman–Crippen MR) is 178 cm³/mol. The minimum Gasteiger partial charge on any atom is -0.228 e. The largest absolute Gasteiger partial charge is 0.228 e. The fourth-order valence-corrected chi connectivity index (χ4v) is 6.81. The van der Waals surface area contributed by atoms with E-state index in [9.17, 15) is 0 Å². The molecule has 0 N–H and O–H groups in total. The third-order valence-electron chi connectivity index (χ3n) is 8.62. The maximum atomic E-state index is 5.30. The summed E-state index contributed by atoms with van der Waals surface area (Å²) in [6, 6.07) is 52.0. The highest BCUT2D eigenvalue weighted by molar-refractivity contribution is 6.33. The summed E-state index contributed by atoms with van der Waals surface area (Å²) in [5, 5.41) is 13.4. The van der Waals surface area contributed by atoms with Crippen molar-refractivity contribution < 1.29 is 0 Å². The molecule has 0 aliphatic carbocycles. The van der Waals surface area contributed by atoms with E-state index in [0.717, 1.165) is 33.5 Å². The molecule has 1 heterocycles. The zero-order valence-electron chi connectivity index (χ0n) is 22.8. The van der Waals surface area contributed by atoms with E-state index in [0.29, 0.717) is 0 Å². The Balaban J connectivity index is 1.53. The first-order valence-corrected chi connectivity index (χ1v) is 14.4. The van der Waals surface area contributed by atoms with Gasteiger partial charge in [-0.2, -0.15) is 0 Å². The molecule has 42 heavy (non-hydrogen) atoms. The Bertz CT molecular complexity index is 2510. The van der Waals surface area contributed by atoms with Gasteiger partial charge in [-0.3, -0.25) is 0 Å². The molecular weight excluding hydrogens is 508 g/mol. The number of benzene rings is 7. The lowest BCUT2D eigenvalue weighted by atomic mass is 9.89. The van der Waals surface area contributed by atoms with Crippen LogP contribution in [0.25, 0.3) is 87.4 Å². The van der Waals surface area contributed by atoms with Crippen LogP contribution >= 0.6 is 0 Å². The third-order valence-corrected chi connectivity index (χ3v) is 8.62. The van der Waals surface area contributed by atoms with Gasteiger partial charge in [0.2, 0.25) is 0 Å². The van der Waals surface area contributed by atoms with Crippen molar-refractivity contribution in [2.75, 3.05) is 0 Å². The van der Waals surface area contributed by atoms with E-state index < -0.39 is 0 Å². The lowest BCUT2D eigenvalue weighted by molar-refractivity contribution is 1.23. The lowest BCUT2D eigenvalue weighted by Crippen LogP contribution is -1.96. The van der Waals surface area contributed by atoms with E-state index in [1.165, 1.54) is 53.9 Å². The van der Waals surface area contributed by atoms with Gasteiger partial charge in [0.25, 0.3) is 0 Å². The van der Waals surface area contributed by atoms with Gasteiger partial charge >= 0.3 is 0 Å². The minimum absolute atomic E-state index is 0.735. The molecule has 0 spiro atoms. The van der Waals surface area contributed by atoms with Gasteiger partial charge in [0.05, 0.1) is 11.2 Å². The molecule has 0 unspecified atom stereocenters. The molecule has 0 saturated heterocycles. The number of aromatic nitrogens is 2. The van der Waals surface area contributed by atoms with Crippen LogP contribution in [0.4, 0.5) is 0 Å². The first kappa shape index (κ1) is 23.1. The first-order valence-electron chi connectivity index (χ1n) is 14.4. The molecule has 9 rings (SSSR count). The Morgan fingerprint density at radius 1 is 0.333 bits per heavy atom. The molecule has 0 bridgehead atoms. The Labute approximate surface area is 242 Å². The van der Waals surface area contributed by atoms with Gasteiger partial charge in [-0.25, -0.2) is 9.97 Å². The summed E-state index contributed by atoms with van der Waals surface area (Å²) in [6.45, 7) is 0. The van der Waals surface area contributed by atoms with E-state index in [2.05, 4.69) is 140 Å². The van der Waals surface area contributed by atoms with Crippen molar-refractivity contribution >= 4 is 64.8 Å². The van der Waals surface area contributed by atoms with Crippen LogP contribution in [0.15, 0.2) is 146 Å². The molecule has 194 valence electrons. The second-order valence-electron chi connectivity index (χ2n) is 10.9. The third kappa shape index (κ3) is 3.33. The van der Waals surface area contributed by atoms with Crippen LogP contribution in [0.1, 0.15) is 0 Å². The summed E-state index contributed by atoms with van der Waals surface area (Å²) < 4.78 is 0. The molecule has 1 aromatic heterocycles. The summed E-state index contributed by atoms with van der Waals surface area (Å²) in [5.41, 5.74) is 4.01. The van der Waals surface area contributed by atoms with Crippen molar-refractivity contribution in [3.8, 4) is 22.6 Å². The molecule has 0 saturated carbocycles. The topological polar surface area (TPSA) is 25.8 Å². The van der Waals surface area contributed by atoms with Gasteiger partial charge in [0.1, 0.15) is 0 Å². The van der Waals surface area contributed by atoms with Gasteiger partial charge in [-0.05, 0) is 54.5 Å². The smallest absolute Gasteiger partial charge is 0.161 e. The maximum absolute atomic E-state index is 5.30. The highest BCUT2D eigenvalue weighted by Gasteiger charge is 2.17. The fourth-order valence-electron chi connectivity index (χ4n) is 6.81. The fraction of sp³-hybridized carbons (Fsp3) is 0. The van der Waals surface area contributed by atoms with Crippen molar-refractivity contribution in [2.45, 2.75) is 0 Å². The van der Waals surface area contributed by atoms with Crippen LogP contribution in [-0.2, 0) is 0 Å². The second kappa shape index (κ2) is 8.95. The monoisotopic (exact) mass is 532 g/mol. The maximum Gasteiger partial charge on any atom is 0.161 e. The number of hydrogen-bond donors (Lipinski definition) is 0. The highest BCUT2D eigenvalue weighted by atomic mass is 14.9.